The third kappa shape index (κ3) is 3.66. The number of fused-ring (bicyclic) bond motifs is 1. The van der Waals surface area contributed by atoms with Gasteiger partial charge < -0.3 is 10.1 Å². The zero-order valence-corrected chi connectivity index (χ0v) is 13.9. The van der Waals surface area contributed by atoms with Crippen LogP contribution >= 0.6 is 0 Å². The van der Waals surface area contributed by atoms with E-state index in [0.29, 0.717) is 12.5 Å². The van der Waals surface area contributed by atoms with Gasteiger partial charge in [0.15, 0.2) is 0 Å². The van der Waals surface area contributed by atoms with Gasteiger partial charge in [-0.1, -0.05) is 30.3 Å². The van der Waals surface area contributed by atoms with Gasteiger partial charge in [-0.3, -0.25) is 9.69 Å². The second kappa shape index (κ2) is 5.87. The van der Waals surface area contributed by atoms with Gasteiger partial charge in [-0.25, -0.2) is 4.79 Å². The zero-order valence-electron chi connectivity index (χ0n) is 13.9. The molecule has 0 aromatic heterocycles. The standard InChI is InChI=1S/C18H24N2O3/c1-18(2,3)23-17(22)20-14-9-13(14)10-15(20)16(21)19-11-12-7-5-4-6-8-12/h4-8,13-15H,9-11H2,1-3H3,(H,19,21)/t13-,14-,15-/m0/s1. The number of rotatable bonds is 3. The molecular weight excluding hydrogens is 292 g/mol. The summed E-state index contributed by atoms with van der Waals surface area (Å²) in [5.41, 5.74) is 0.502. The minimum atomic E-state index is -0.547. The van der Waals surface area contributed by atoms with E-state index in [9.17, 15) is 9.59 Å². The molecule has 1 aromatic carbocycles. The molecule has 0 radical (unpaired) electrons. The first-order valence-electron chi connectivity index (χ1n) is 8.18. The molecule has 1 aliphatic carbocycles. The van der Waals surface area contributed by atoms with Gasteiger partial charge in [-0.2, -0.15) is 0 Å². The highest BCUT2D eigenvalue weighted by Gasteiger charge is 2.57. The van der Waals surface area contributed by atoms with Gasteiger partial charge in [0.05, 0.1) is 0 Å². The number of nitrogens with zero attached hydrogens (tertiary/aromatic N) is 1. The van der Waals surface area contributed by atoms with Crippen LogP contribution in [0.4, 0.5) is 4.79 Å². The molecule has 5 nitrogen and oxygen atoms in total. The Bertz CT molecular complexity index is 594. The molecule has 1 heterocycles. The number of carbonyl (C=O) groups excluding carboxylic acids is 2. The average molecular weight is 316 g/mol. The lowest BCUT2D eigenvalue weighted by Crippen LogP contribution is -2.49. The van der Waals surface area contributed by atoms with Gasteiger partial charge in [0.1, 0.15) is 11.6 Å². The molecule has 23 heavy (non-hydrogen) atoms. The van der Waals surface area contributed by atoms with E-state index >= 15 is 0 Å². The maximum absolute atomic E-state index is 12.5. The minimum absolute atomic E-state index is 0.0908. The molecule has 1 saturated heterocycles. The minimum Gasteiger partial charge on any atom is -0.444 e. The Labute approximate surface area is 137 Å². The lowest BCUT2D eigenvalue weighted by molar-refractivity contribution is -0.126. The van der Waals surface area contributed by atoms with Gasteiger partial charge in [0, 0.05) is 12.6 Å². The Hall–Kier alpha value is -2.04. The number of ether oxygens (including phenoxy) is 1. The summed E-state index contributed by atoms with van der Waals surface area (Å²) in [6, 6.07) is 9.55. The molecule has 1 N–H and O–H groups in total. The summed E-state index contributed by atoms with van der Waals surface area (Å²) < 4.78 is 5.47. The second-order valence-electron chi connectivity index (χ2n) is 7.41. The van der Waals surface area contributed by atoms with Gasteiger partial charge >= 0.3 is 6.09 Å². The van der Waals surface area contributed by atoms with Crippen molar-refractivity contribution in [2.45, 2.75) is 57.8 Å². The molecule has 3 atom stereocenters. The first-order chi connectivity index (χ1) is 10.8. The van der Waals surface area contributed by atoms with Crippen molar-refractivity contribution >= 4 is 12.0 Å². The van der Waals surface area contributed by atoms with Gasteiger partial charge in [0.25, 0.3) is 0 Å². The van der Waals surface area contributed by atoms with Crippen molar-refractivity contribution in [2.24, 2.45) is 5.92 Å². The molecular formula is C18H24N2O3. The van der Waals surface area contributed by atoms with Crippen LogP contribution in [-0.2, 0) is 16.1 Å². The lowest BCUT2D eigenvalue weighted by Gasteiger charge is -2.29. The fraction of sp³-hybridized carbons (Fsp3) is 0.556. The van der Waals surface area contributed by atoms with Crippen LogP contribution in [0.5, 0.6) is 0 Å². The SMILES string of the molecule is CC(C)(C)OC(=O)N1[C@H](C(=O)NCc2ccccc2)C[C@@H]2C[C@@H]21. The van der Waals surface area contributed by atoms with Crippen LogP contribution in [-0.4, -0.2) is 34.6 Å². The van der Waals surface area contributed by atoms with Crippen molar-refractivity contribution in [3.8, 4) is 0 Å². The Morgan fingerprint density at radius 3 is 2.57 bits per heavy atom. The smallest absolute Gasteiger partial charge is 0.411 e. The number of hydrogen-bond donors (Lipinski definition) is 1. The van der Waals surface area contributed by atoms with E-state index in [0.717, 1.165) is 18.4 Å². The molecule has 0 bridgehead atoms. The Balaban J connectivity index is 1.62. The Morgan fingerprint density at radius 1 is 1.22 bits per heavy atom. The number of nitrogens with one attached hydrogen (secondary N) is 1. The Morgan fingerprint density at radius 2 is 1.91 bits per heavy atom. The average Bonchev–Trinajstić information content (AvgIpc) is 3.14. The number of amides is 2. The topological polar surface area (TPSA) is 58.6 Å². The van der Waals surface area contributed by atoms with Crippen LogP contribution in [0.25, 0.3) is 0 Å². The van der Waals surface area contributed by atoms with Gasteiger partial charge in [0.2, 0.25) is 5.91 Å². The first kappa shape index (κ1) is 15.8. The van der Waals surface area contributed by atoms with Crippen molar-refractivity contribution in [1.82, 2.24) is 10.2 Å². The first-order valence-corrected chi connectivity index (χ1v) is 8.18. The number of hydrogen-bond acceptors (Lipinski definition) is 3. The van der Waals surface area contributed by atoms with E-state index in [2.05, 4.69) is 5.32 Å². The molecule has 2 amide bonds. The summed E-state index contributed by atoms with van der Waals surface area (Å²) in [5.74, 6) is 0.363. The summed E-state index contributed by atoms with van der Waals surface area (Å²) >= 11 is 0. The van der Waals surface area contributed by atoms with E-state index in [4.69, 9.17) is 4.74 Å². The highest BCUT2D eigenvalue weighted by Crippen LogP contribution is 2.48. The van der Waals surface area contributed by atoms with Crippen LogP contribution < -0.4 is 5.32 Å². The number of piperidine rings is 1. The number of likely N-dealkylation sites (tertiary alicyclic amines) is 1. The van der Waals surface area contributed by atoms with Gasteiger partial charge in [-0.15, -0.1) is 0 Å². The van der Waals surface area contributed by atoms with E-state index in [1.807, 2.05) is 51.1 Å². The van der Waals surface area contributed by atoms with Crippen LogP contribution in [0, 0.1) is 5.92 Å². The monoisotopic (exact) mass is 316 g/mol. The van der Waals surface area contributed by atoms with E-state index in [1.54, 1.807) is 4.90 Å². The van der Waals surface area contributed by atoms with Crippen LogP contribution in [0.3, 0.4) is 0 Å². The zero-order chi connectivity index (χ0) is 16.6. The molecule has 3 rings (SSSR count). The quantitative estimate of drug-likeness (QED) is 0.933. The summed E-state index contributed by atoms with van der Waals surface area (Å²) in [6.45, 7) is 6.01. The molecule has 2 aliphatic rings. The molecule has 2 fully saturated rings. The predicted octanol–water partition coefficient (Wildman–Crippen LogP) is 2.70. The molecule has 5 heteroatoms. The van der Waals surface area contributed by atoms with Crippen molar-refractivity contribution in [2.75, 3.05) is 0 Å². The third-order valence-electron chi connectivity index (χ3n) is 4.32. The number of benzene rings is 1. The fourth-order valence-electron chi connectivity index (χ4n) is 3.17. The molecule has 0 unspecified atom stereocenters. The normalized spacial score (nSPS) is 25.7. The van der Waals surface area contributed by atoms with Crippen LogP contribution in [0.1, 0.15) is 39.2 Å². The maximum Gasteiger partial charge on any atom is 0.411 e. The summed E-state index contributed by atoms with van der Waals surface area (Å²) in [6.07, 6.45) is 1.36. The maximum atomic E-state index is 12.5. The van der Waals surface area contributed by atoms with Crippen molar-refractivity contribution < 1.29 is 14.3 Å². The summed E-state index contributed by atoms with van der Waals surface area (Å²) in [4.78, 5) is 26.6. The van der Waals surface area contributed by atoms with E-state index in [-0.39, 0.29) is 18.0 Å². The van der Waals surface area contributed by atoms with E-state index in [1.165, 1.54) is 0 Å². The van der Waals surface area contributed by atoms with Crippen LogP contribution in [0.15, 0.2) is 30.3 Å². The molecule has 1 aliphatic heterocycles. The lowest BCUT2D eigenvalue weighted by atomic mass is 10.1. The predicted molar refractivity (Wildman–Crippen MR) is 86.7 cm³/mol. The van der Waals surface area contributed by atoms with Crippen molar-refractivity contribution in [1.29, 1.82) is 0 Å². The Kier molecular flexibility index (Phi) is 4.04. The summed E-state index contributed by atoms with van der Waals surface area (Å²) in [5, 5.41) is 2.94. The van der Waals surface area contributed by atoms with Gasteiger partial charge in [-0.05, 0) is 45.1 Å². The number of carbonyl (C=O) groups is 2. The van der Waals surface area contributed by atoms with E-state index < -0.39 is 11.6 Å². The largest absolute Gasteiger partial charge is 0.444 e. The third-order valence-corrected chi connectivity index (χ3v) is 4.32. The fourth-order valence-corrected chi connectivity index (χ4v) is 3.17. The second-order valence-corrected chi connectivity index (χ2v) is 7.41. The molecule has 1 aromatic rings. The van der Waals surface area contributed by atoms with Crippen molar-refractivity contribution in [3.05, 3.63) is 35.9 Å². The molecule has 1 saturated carbocycles. The van der Waals surface area contributed by atoms with Crippen LogP contribution in [0.2, 0.25) is 0 Å². The summed E-state index contributed by atoms with van der Waals surface area (Å²) in [7, 11) is 0. The van der Waals surface area contributed by atoms with Crippen molar-refractivity contribution in [3.63, 3.8) is 0 Å². The molecule has 0 spiro atoms. The molecule has 124 valence electrons. The highest BCUT2D eigenvalue weighted by atomic mass is 16.6. The highest BCUT2D eigenvalue weighted by molar-refractivity contribution is 5.87.